The van der Waals surface area contributed by atoms with Crippen LogP contribution in [0, 0.1) is 24.2 Å². The van der Waals surface area contributed by atoms with Crippen molar-refractivity contribution in [2.45, 2.75) is 65.7 Å². The number of carbonyl (C=O) groups is 1. The molecule has 0 aliphatic carbocycles. The van der Waals surface area contributed by atoms with Crippen molar-refractivity contribution in [3.63, 3.8) is 0 Å². The second-order valence-corrected chi connectivity index (χ2v) is 9.15. The highest BCUT2D eigenvalue weighted by Crippen LogP contribution is 2.37. The Bertz CT molecular complexity index is 925. The molecule has 0 spiro atoms. The average Bonchev–Trinajstić information content (AvgIpc) is 2.75. The van der Waals surface area contributed by atoms with E-state index in [1.165, 1.54) is 16.7 Å². The molecule has 31 heavy (non-hydrogen) atoms. The van der Waals surface area contributed by atoms with Crippen LogP contribution in [-0.2, 0) is 18.3 Å². The Hall–Kier alpha value is -2.44. The van der Waals surface area contributed by atoms with E-state index < -0.39 is 5.41 Å². The lowest BCUT2D eigenvalue weighted by Crippen LogP contribution is -2.32. The van der Waals surface area contributed by atoms with Crippen LogP contribution in [0.3, 0.4) is 0 Å². The summed E-state index contributed by atoms with van der Waals surface area (Å²) in [6, 6.07) is 17.2. The summed E-state index contributed by atoms with van der Waals surface area (Å²) in [6.45, 7) is 12.2. The molecule has 0 aliphatic rings. The molecule has 0 amide bonds. The van der Waals surface area contributed by atoms with E-state index in [0.717, 1.165) is 49.9 Å². The first kappa shape index (κ1) is 24.8. The summed E-state index contributed by atoms with van der Waals surface area (Å²) in [5, 5.41) is 10.2. The number of Topliss-reactive ketones (excluding diaryl/α,β-unsaturated/α-hetero) is 1. The summed E-state index contributed by atoms with van der Waals surface area (Å²) in [5.74, 6) is 0.364. The highest BCUT2D eigenvalue weighted by molar-refractivity contribution is 5.94. The molecule has 2 rings (SSSR count). The van der Waals surface area contributed by atoms with Crippen LogP contribution < -0.4 is 0 Å². The molecule has 1 atom stereocenters. The first-order valence-electron chi connectivity index (χ1n) is 11.5. The second-order valence-electron chi connectivity index (χ2n) is 9.15. The van der Waals surface area contributed by atoms with Gasteiger partial charge in [-0.2, -0.15) is 5.26 Å². The fourth-order valence-electron chi connectivity index (χ4n) is 4.39. The van der Waals surface area contributed by atoms with E-state index in [1.807, 2.05) is 18.2 Å². The van der Waals surface area contributed by atoms with Crippen LogP contribution in [0.25, 0.3) is 0 Å². The van der Waals surface area contributed by atoms with Gasteiger partial charge in [0, 0.05) is 12.1 Å². The summed E-state index contributed by atoms with van der Waals surface area (Å²) in [5.41, 5.74) is 5.31. The molecule has 0 aromatic heterocycles. The number of likely N-dealkylation sites (N-methyl/N-ethyl adjacent to an activating group) is 1. The van der Waals surface area contributed by atoms with E-state index in [0.29, 0.717) is 0 Å². The Labute approximate surface area is 189 Å². The summed E-state index contributed by atoms with van der Waals surface area (Å²) in [6.07, 6.45) is 3.77. The Morgan fingerprint density at radius 2 is 1.90 bits per heavy atom. The smallest absolute Gasteiger partial charge is 0.159 e. The Kier molecular flexibility index (Phi) is 9.01. The fraction of sp³-hybridized carbons (Fsp3) is 0.500. The lowest BCUT2D eigenvalue weighted by atomic mass is 9.69. The third kappa shape index (κ3) is 6.28. The zero-order valence-corrected chi connectivity index (χ0v) is 20.2. The maximum atomic E-state index is 11.6. The van der Waals surface area contributed by atoms with Crippen molar-refractivity contribution in [1.82, 2.24) is 4.90 Å². The van der Waals surface area contributed by atoms with E-state index in [4.69, 9.17) is 0 Å². The van der Waals surface area contributed by atoms with Crippen molar-refractivity contribution >= 4 is 5.78 Å². The summed E-state index contributed by atoms with van der Waals surface area (Å²) in [4.78, 5) is 13.9. The molecule has 2 aromatic carbocycles. The number of hydrogen-bond donors (Lipinski definition) is 0. The van der Waals surface area contributed by atoms with Crippen LogP contribution in [0.15, 0.2) is 42.5 Å². The maximum Gasteiger partial charge on any atom is 0.159 e. The van der Waals surface area contributed by atoms with Crippen LogP contribution in [0.2, 0.25) is 0 Å². The minimum Gasteiger partial charge on any atom is -0.306 e. The summed E-state index contributed by atoms with van der Waals surface area (Å²) in [7, 11) is 2.14. The molecule has 2 aromatic rings. The predicted molar refractivity (Wildman–Crippen MR) is 130 cm³/mol. The van der Waals surface area contributed by atoms with Crippen molar-refractivity contribution in [3.05, 3.63) is 70.3 Å². The van der Waals surface area contributed by atoms with Gasteiger partial charge in [0.05, 0.1) is 11.5 Å². The molecule has 0 saturated heterocycles. The number of hydrogen-bond acceptors (Lipinski definition) is 3. The minimum absolute atomic E-state index is 0.110. The first-order valence-corrected chi connectivity index (χ1v) is 11.5. The lowest BCUT2D eigenvalue weighted by molar-refractivity contribution is 0.101. The van der Waals surface area contributed by atoms with Gasteiger partial charge in [-0.1, -0.05) is 57.2 Å². The monoisotopic (exact) mass is 418 g/mol. The van der Waals surface area contributed by atoms with Gasteiger partial charge in [0.15, 0.2) is 5.78 Å². The molecule has 3 nitrogen and oxygen atoms in total. The molecule has 3 heteroatoms. The summed E-state index contributed by atoms with van der Waals surface area (Å²) >= 11 is 0. The Balaban J connectivity index is 2.00. The van der Waals surface area contributed by atoms with Crippen LogP contribution >= 0.6 is 0 Å². The highest BCUT2D eigenvalue weighted by atomic mass is 16.1. The van der Waals surface area contributed by atoms with Crippen LogP contribution in [0.4, 0.5) is 0 Å². The molecule has 1 unspecified atom stereocenters. The molecule has 0 bridgehead atoms. The van der Waals surface area contributed by atoms with Gasteiger partial charge in [-0.15, -0.1) is 0 Å². The number of nitrogens with zero attached hydrogens (tertiary/aromatic N) is 2. The van der Waals surface area contributed by atoms with Crippen LogP contribution in [0.5, 0.6) is 0 Å². The van der Waals surface area contributed by atoms with Gasteiger partial charge in [-0.05, 0) is 87.4 Å². The van der Waals surface area contributed by atoms with Crippen molar-refractivity contribution < 1.29 is 4.79 Å². The molecule has 0 heterocycles. The number of rotatable bonds is 11. The van der Waals surface area contributed by atoms with Crippen molar-refractivity contribution in [2.75, 3.05) is 20.1 Å². The van der Waals surface area contributed by atoms with Gasteiger partial charge in [-0.25, -0.2) is 0 Å². The predicted octanol–water partition coefficient (Wildman–Crippen LogP) is 6.13. The quantitative estimate of drug-likeness (QED) is 0.412. The molecule has 0 radical (unpaired) electrons. The van der Waals surface area contributed by atoms with E-state index >= 15 is 0 Å². The minimum atomic E-state index is -0.451. The number of carbonyl (C=O) groups excluding carboxylic acids is 1. The van der Waals surface area contributed by atoms with E-state index in [1.54, 1.807) is 6.92 Å². The Morgan fingerprint density at radius 1 is 1.16 bits per heavy atom. The van der Waals surface area contributed by atoms with Crippen LogP contribution in [-0.4, -0.2) is 30.8 Å². The average molecular weight is 419 g/mol. The van der Waals surface area contributed by atoms with Crippen LogP contribution in [0.1, 0.15) is 73.1 Å². The van der Waals surface area contributed by atoms with E-state index in [9.17, 15) is 10.1 Å². The molecule has 166 valence electrons. The van der Waals surface area contributed by atoms with E-state index in [2.05, 4.69) is 70.0 Å². The molecule has 0 aliphatic heterocycles. The van der Waals surface area contributed by atoms with Crippen molar-refractivity contribution in [3.8, 4) is 6.07 Å². The second kappa shape index (κ2) is 11.3. The zero-order chi connectivity index (χ0) is 23.0. The molecule has 0 fully saturated rings. The van der Waals surface area contributed by atoms with Gasteiger partial charge in [0.25, 0.3) is 0 Å². The van der Waals surface area contributed by atoms with Gasteiger partial charge in [0.1, 0.15) is 0 Å². The first-order chi connectivity index (χ1) is 14.7. The van der Waals surface area contributed by atoms with Crippen molar-refractivity contribution in [1.29, 1.82) is 5.26 Å². The molecule has 0 N–H and O–H groups in total. The van der Waals surface area contributed by atoms with Gasteiger partial charge in [0.2, 0.25) is 0 Å². The van der Waals surface area contributed by atoms with Crippen molar-refractivity contribution in [2.24, 2.45) is 5.92 Å². The SMILES string of the molecule is CCc1ccc(C(C#N)(CCCN(C)CCc2cccc(C(C)=O)c2)C(C)C)cc1C. The largest absolute Gasteiger partial charge is 0.306 e. The normalized spacial score (nSPS) is 13.3. The fourth-order valence-corrected chi connectivity index (χ4v) is 4.39. The highest BCUT2D eigenvalue weighted by Gasteiger charge is 2.35. The topological polar surface area (TPSA) is 44.1 Å². The van der Waals surface area contributed by atoms with E-state index in [-0.39, 0.29) is 11.7 Å². The van der Waals surface area contributed by atoms with Gasteiger partial charge in [-0.3, -0.25) is 4.79 Å². The molecule has 0 saturated carbocycles. The molecular formula is C28H38N2O. The standard InChI is InChI=1S/C28H38N2O/c1-7-25-12-13-27(18-22(25)4)28(20-29,21(2)3)15-9-16-30(6)17-14-24-10-8-11-26(19-24)23(5)31/h8,10-13,18-19,21H,7,9,14-17H2,1-6H3. The molecular weight excluding hydrogens is 380 g/mol. The number of ketones is 1. The Morgan fingerprint density at radius 3 is 2.48 bits per heavy atom. The lowest BCUT2D eigenvalue weighted by Gasteiger charge is -2.32. The van der Waals surface area contributed by atoms with Gasteiger partial charge >= 0.3 is 0 Å². The summed E-state index contributed by atoms with van der Waals surface area (Å²) < 4.78 is 0. The zero-order valence-electron chi connectivity index (χ0n) is 20.2. The maximum absolute atomic E-state index is 11.6. The van der Waals surface area contributed by atoms with Gasteiger partial charge < -0.3 is 4.90 Å². The third-order valence-corrected chi connectivity index (χ3v) is 6.65. The number of nitriles is 1. The number of aryl methyl sites for hydroxylation is 2. The third-order valence-electron chi connectivity index (χ3n) is 6.65. The number of benzene rings is 2.